The Balaban J connectivity index is 2.21. The van der Waals surface area contributed by atoms with Crippen molar-refractivity contribution in [1.82, 2.24) is 9.47 Å². The number of carboxylic acids is 1. The monoisotopic (exact) mass is 250 g/mol. The fourth-order valence-electron chi connectivity index (χ4n) is 2.53. The summed E-state index contributed by atoms with van der Waals surface area (Å²) in [6.07, 6.45) is 0.533. The summed E-state index contributed by atoms with van der Waals surface area (Å²) < 4.78 is 1.84. The summed E-state index contributed by atoms with van der Waals surface area (Å²) in [5.41, 5.74) is 1.63. The minimum atomic E-state index is -0.819. The predicted molar refractivity (Wildman–Crippen MR) is 66.4 cm³/mol. The Kier molecular flexibility index (Phi) is 3.15. The summed E-state index contributed by atoms with van der Waals surface area (Å²) in [5, 5.41) is 9.07. The lowest BCUT2D eigenvalue weighted by molar-refractivity contribution is -0.142. The van der Waals surface area contributed by atoms with Crippen molar-refractivity contribution in [2.24, 2.45) is 13.0 Å². The average Bonchev–Trinajstić information content (AvgIpc) is 2.84. The molecule has 18 heavy (non-hydrogen) atoms. The van der Waals surface area contributed by atoms with Gasteiger partial charge in [0.1, 0.15) is 5.69 Å². The second-order valence-corrected chi connectivity index (χ2v) is 4.89. The van der Waals surface area contributed by atoms with Crippen molar-refractivity contribution >= 4 is 11.9 Å². The van der Waals surface area contributed by atoms with E-state index in [1.165, 1.54) is 0 Å². The van der Waals surface area contributed by atoms with Crippen molar-refractivity contribution in [1.29, 1.82) is 0 Å². The average molecular weight is 250 g/mol. The van der Waals surface area contributed by atoms with Gasteiger partial charge < -0.3 is 14.6 Å². The lowest BCUT2D eigenvalue weighted by atomic mass is 10.0. The van der Waals surface area contributed by atoms with Gasteiger partial charge in [-0.1, -0.05) is 0 Å². The number of carbonyl (C=O) groups excluding carboxylic acids is 1. The zero-order chi connectivity index (χ0) is 13.4. The fourth-order valence-corrected chi connectivity index (χ4v) is 2.53. The molecule has 0 radical (unpaired) electrons. The number of amides is 1. The third-order valence-corrected chi connectivity index (χ3v) is 3.92. The van der Waals surface area contributed by atoms with Crippen LogP contribution in [0.5, 0.6) is 0 Å². The van der Waals surface area contributed by atoms with Gasteiger partial charge in [0.05, 0.1) is 5.92 Å². The summed E-state index contributed by atoms with van der Waals surface area (Å²) >= 11 is 0. The largest absolute Gasteiger partial charge is 0.481 e. The van der Waals surface area contributed by atoms with E-state index < -0.39 is 11.9 Å². The van der Waals surface area contributed by atoms with E-state index in [9.17, 15) is 9.59 Å². The van der Waals surface area contributed by atoms with E-state index in [1.807, 2.05) is 24.6 Å². The van der Waals surface area contributed by atoms with Crippen LogP contribution < -0.4 is 0 Å². The highest BCUT2D eigenvalue weighted by Gasteiger charge is 2.38. The molecule has 1 aliphatic heterocycles. The maximum absolute atomic E-state index is 12.4. The number of carboxylic acid groups (broad SMARTS) is 1. The molecule has 0 bridgehead atoms. The van der Waals surface area contributed by atoms with E-state index in [-0.39, 0.29) is 11.9 Å². The number of nitrogens with zero attached hydrogens (tertiary/aromatic N) is 2. The molecule has 1 N–H and O–H groups in total. The zero-order valence-corrected chi connectivity index (χ0v) is 10.9. The molecule has 1 aromatic heterocycles. The molecule has 0 spiro atoms. The van der Waals surface area contributed by atoms with Gasteiger partial charge >= 0.3 is 5.97 Å². The van der Waals surface area contributed by atoms with Crippen LogP contribution in [0.25, 0.3) is 0 Å². The molecule has 2 rings (SSSR count). The van der Waals surface area contributed by atoms with Gasteiger partial charge in [0.15, 0.2) is 0 Å². The molecule has 2 heterocycles. The third kappa shape index (κ3) is 1.89. The Morgan fingerprint density at radius 3 is 2.50 bits per heavy atom. The molecule has 1 fully saturated rings. The maximum Gasteiger partial charge on any atom is 0.308 e. The summed E-state index contributed by atoms with van der Waals surface area (Å²) in [5.74, 6) is -1.35. The first kappa shape index (κ1) is 12.7. The van der Waals surface area contributed by atoms with Crippen LogP contribution in [0, 0.1) is 12.8 Å². The second-order valence-electron chi connectivity index (χ2n) is 4.89. The molecule has 0 aliphatic carbocycles. The van der Waals surface area contributed by atoms with Gasteiger partial charge in [0.2, 0.25) is 0 Å². The normalized spacial score (nSPS) is 23.4. The molecular formula is C13H18N2O3. The highest BCUT2D eigenvalue weighted by molar-refractivity contribution is 5.94. The van der Waals surface area contributed by atoms with E-state index in [1.54, 1.807) is 17.9 Å². The number of carbonyl (C=O) groups is 2. The minimum absolute atomic E-state index is 0.0816. The summed E-state index contributed by atoms with van der Waals surface area (Å²) in [7, 11) is 1.85. The molecule has 0 saturated carbocycles. The summed E-state index contributed by atoms with van der Waals surface area (Å²) in [4.78, 5) is 25.1. The van der Waals surface area contributed by atoms with E-state index in [0.29, 0.717) is 18.7 Å². The molecule has 1 aromatic rings. The van der Waals surface area contributed by atoms with E-state index in [2.05, 4.69) is 0 Å². The van der Waals surface area contributed by atoms with Gasteiger partial charge in [-0.25, -0.2) is 0 Å². The van der Waals surface area contributed by atoms with E-state index >= 15 is 0 Å². The van der Waals surface area contributed by atoms with Crippen LogP contribution in [0.2, 0.25) is 0 Å². The Bertz CT molecular complexity index is 492. The quantitative estimate of drug-likeness (QED) is 0.859. The highest BCUT2D eigenvalue weighted by atomic mass is 16.4. The molecule has 0 aromatic carbocycles. The third-order valence-electron chi connectivity index (χ3n) is 3.92. The van der Waals surface area contributed by atoms with Crippen molar-refractivity contribution in [3.05, 3.63) is 23.5 Å². The van der Waals surface area contributed by atoms with Crippen molar-refractivity contribution in [3.8, 4) is 0 Å². The number of aliphatic carboxylic acids is 1. The minimum Gasteiger partial charge on any atom is -0.481 e. The predicted octanol–water partition coefficient (Wildman–Crippen LogP) is 1.27. The van der Waals surface area contributed by atoms with Crippen LogP contribution in [0.4, 0.5) is 0 Å². The Morgan fingerprint density at radius 1 is 1.39 bits per heavy atom. The van der Waals surface area contributed by atoms with Gasteiger partial charge in [-0.3, -0.25) is 9.59 Å². The second kappa shape index (κ2) is 4.48. The lowest BCUT2D eigenvalue weighted by Crippen LogP contribution is -2.38. The Labute approximate surface area is 106 Å². The van der Waals surface area contributed by atoms with Crippen LogP contribution in [-0.2, 0) is 11.8 Å². The molecule has 1 saturated heterocycles. The first-order valence-electron chi connectivity index (χ1n) is 6.09. The van der Waals surface area contributed by atoms with Crippen LogP contribution in [0.3, 0.4) is 0 Å². The number of likely N-dealkylation sites (tertiary alicyclic amines) is 1. The van der Waals surface area contributed by atoms with Gasteiger partial charge in [-0.15, -0.1) is 0 Å². The molecule has 2 unspecified atom stereocenters. The molecule has 5 heteroatoms. The number of aromatic nitrogens is 1. The van der Waals surface area contributed by atoms with E-state index in [0.717, 1.165) is 5.69 Å². The van der Waals surface area contributed by atoms with Crippen LogP contribution in [0.1, 0.15) is 29.5 Å². The SMILES string of the molecule is Cc1ccc(C(=O)N2CCC(C(=O)O)C2C)n1C. The molecule has 5 nitrogen and oxygen atoms in total. The number of aryl methyl sites for hydroxylation is 1. The molecule has 1 aliphatic rings. The van der Waals surface area contributed by atoms with Crippen LogP contribution in [-0.4, -0.2) is 39.0 Å². The lowest BCUT2D eigenvalue weighted by Gasteiger charge is -2.23. The van der Waals surface area contributed by atoms with Crippen molar-refractivity contribution < 1.29 is 14.7 Å². The van der Waals surface area contributed by atoms with E-state index in [4.69, 9.17) is 5.11 Å². The van der Waals surface area contributed by atoms with Crippen molar-refractivity contribution in [2.45, 2.75) is 26.3 Å². The molecule has 1 amide bonds. The first-order valence-corrected chi connectivity index (χ1v) is 6.09. The highest BCUT2D eigenvalue weighted by Crippen LogP contribution is 2.26. The van der Waals surface area contributed by atoms with Crippen LogP contribution in [0.15, 0.2) is 12.1 Å². The van der Waals surface area contributed by atoms with Gasteiger partial charge in [-0.2, -0.15) is 0 Å². The molecule has 98 valence electrons. The molecular weight excluding hydrogens is 232 g/mol. The Hall–Kier alpha value is -1.78. The van der Waals surface area contributed by atoms with Gasteiger partial charge in [0.25, 0.3) is 5.91 Å². The van der Waals surface area contributed by atoms with Gasteiger partial charge in [0, 0.05) is 25.3 Å². The van der Waals surface area contributed by atoms with Crippen molar-refractivity contribution in [3.63, 3.8) is 0 Å². The van der Waals surface area contributed by atoms with Crippen molar-refractivity contribution in [2.75, 3.05) is 6.54 Å². The standard InChI is InChI=1S/C13H18N2O3/c1-8-4-5-11(14(8)3)12(16)15-7-6-10(9(15)2)13(17)18/h4-5,9-10H,6-7H2,1-3H3,(H,17,18). The summed E-state index contributed by atoms with van der Waals surface area (Å²) in [6.45, 7) is 4.25. The summed E-state index contributed by atoms with van der Waals surface area (Å²) in [6, 6.07) is 3.44. The zero-order valence-electron chi connectivity index (χ0n) is 10.9. The molecule has 2 atom stereocenters. The van der Waals surface area contributed by atoms with Crippen LogP contribution >= 0.6 is 0 Å². The number of hydrogen-bond donors (Lipinski definition) is 1. The van der Waals surface area contributed by atoms with Gasteiger partial charge in [-0.05, 0) is 32.4 Å². The number of hydrogen-bond acceptors (Lipinski definition) is 2. The first-order chi connectivity index (χ1) is 8.43. The fraction of sp³-hybridized carbons (Fsp3) is 0.538. The topological polar surface area (TPSA) is 62.5 Å². The Morgan fingerprint density at radius 2 is 2.06 bits per heavy atom. The number of rotatable bonds is 2. The maximum atomic E-state index is 12.4. The smallest absolute Gasteiger partial charge is 0.308 e.